The van der Waals surface area contributed by atoms with E-state index in [2.05, 4.69) is 59.5 Å². The van der Waals surface area contributed by atoms with E-state index in [0.717, 1.165) is 26.1 Å². The van der Waals surface area contributed by atoms with E-state index in [9.17, 15) is 5.26 Å². The lowest BCUT2D eigenvalue weighted by molar-refractivity contribution is 0.224. The van der Waals surface area contributed by atoms with Gasteiger partial charge < -0.3 is 0 Å². The van der Waals surface area contributed by atoms with E-state index < -0.39 is 0 Å². The molecule has 0 aromatic heterocycles. The van der Waals surface area contributed by atoms with E-state index in [1.807, 2.05) is 31.1 Å². The first kappa shape index (κ1) is 17.2. The summed E-state index contributed by atoms with van der Waals surface area (Å²) in [5.41, 5.74) is 2.61. The topological polar surface area (TPSA) is 30.3 Å². The van der Waals surface area contributed by atoms with E-state index in [1.165, 1.54) is 11.1 Å². The van der Waals surface area contributed by atoms with Crippen molar-refractivity contribution in [3.8, 4) is 6.07 Å². The number of hydrogen-bond acceptors (Lipinski definition) is 3. The Morgan fingerprint density at radius 2 is 1.35 bits per heavy atom. The molecule has 1 atom stereocenters. The van der Waals surface area contributed by atoms with Crippen molar-refractivity contribution in [3.05, 3.63) is 71.8 Å². The van der Waals surface area contributed by atoms with Crippen LogP contribution in [0.1, 0.15) is 17.5 Å². The summed E-state index contributed by atoms with van der Waals surface area (Å²) in [4.78, 5) is 4.40. The summed E-state index contributed by atoms with van der Waals surface area (Å²) < 4.78 is 0. The molecule has 1 unspecified atom stereocenters. The molecule has 2 aromatic carbocycles. The van der Waals surface area contributed by atoms with Crippen LogP contribution in [-0.4, -0.2) is 36.5 Å². The first-order valence-corrected chi connectivity index (χ1v) is 8.05. The van der Waals surface area contributed by atoms with Gasteiger partial charge in [0.15, 0.2) is 0 Å². The van der Waals surface area contributed by atoms with E-state index in [-0.39, 0.29) is 6.04 Å². The molecule has 3 nitrogen and oxygen atoms in total. The van der Waals surface area contributed by atoms with Gasteiger partial charge in [0.25, 0.3) is 0 Å². The smallest absolute Gasteiger partial charge is 0.0985 e. The van der Waals surface area contributed by atoms with Crippen LogP contribution in [0.2, 0.25) is 0 Å². The van der Waals surface area contributed by atoms with Crippen molar-refractivity contribution in [2.24, 2.45) is 0 Å². The third kappa shape index (κ3) is 5.86. The summed E-state index contributed by atoms with van der Waals surface area (Å²) in [5.74, 6) is 0. The highest BCUT2D eigenvalue weighted by atomic mass is 15.1. The van der Waals surface area contributed by atoms with E-state index in [1.54, 1.807) is 0 Å². The van der Waals surface area contributed by atoms with Crippen molar-refractivity contribution in [1.29, 1.82) is 5.26 Å². The fourth-order valence-corrected chi connectivity index (χ4v) is 2.64. The van der Waals surface area contributed by atoms with Gasteiger partial charge in [-0.2, -0.15) is 5.26 Å². The molecular weight excluding hydrogens is 282 g/mol. The maximum atomic E-state index is 9.28. The van der Waals surface area contributed by atoms with Gasteiger partial charge in [-0.3, -0.25) is 9.80 Å². The minimum atomic E-state index is -0.0379. The summed E-state index contributed by atoms with van der Waals surface area (Å²) in [6, 6.07) is 23.4. The van der Waals surface area contributed by atoms with Gasteiger partial charge in [-0.1, -0.05) is 60.7 Å². The van der Waals surface area contributed by atoms with Crippen molar-refractivity contribution >= 4 is 0 Å². The first-order chi connectivity index (χ1) is 11.2. The van der Waals surface area contributed by atoms with Crippen LogP contribution >= 0.6 is 0 Å². The molecule has 3 heteroatoms. The van der Waals surface area contributed by atoms with Gasteiger partial charge >= 0.3 is 0 Å². The van der Waals surface area contributed by atoms with Gasteiger partial charge in [0.1, 0.15) is 0 Å². The largest absolute Gasteiger partial charge is 0.295 e. The van der Waals surface area contributed by atoms with Crippen molar-refractivity contribution in [3.63, 3.8) is 0 Å². The third-order valence-electron chi connectivity index (χ3n) is 3.99. The summed E-state index contributed by atoms with van der Waals surface area (Å²) >= 11 is 0. The average molecular weight is 307 g/mol. The van der Waals surface area contributed by atoms with Gasteiger partial charge in [-0.15, -0.1) is 0 Å². The Kier molecular flexibility index (Phi) is 6.80. The Balaban J connectivity index is 2.03. The van der Waals surface area contributed by atoms with Crippen LogP contribution in [0.25, 0.3) is 0 Å². The van der Waals surface area contributed by atoms with E-state index in [0.29, 0.717) is 0 Å². The highest BCUT2D eigenvalue weighted by molar-refractivity contribution is 5.17. The fraction of sp³-hybridized carbons (Fsp3) is 0.350. The number of benzene rings is 2. The molecule has 0 fully saturated rings. The Labute approximate surface area is 139 Å². The van der Waals surface area contributed by atoms with Crippen molar-refractivity contribution in [2.45, 2.75) is 25.6 Å². The molecular formula is C20H25N3. The van der Waals surface area contributed by atoms with Gasteiger partial charge in [-0.05, 0) is 31.6 Å². The molecule has 0 spiro atoms. The van der Waals surface area contributed by atoms with Gasteiger partial charge in [0, 0.05) is 19.6 Å². The van der Waals surface area contributed by atoms with Gasteiger partial charge in [-0.25, -0.2) is 0 Å². The molecule has 0 aliphatic rings. The summed E-state index contributed by atoms with van der Waals surface area (Å²) in [6.07, 6.45) is 0.850. The molecule has 0 N–H and O–H groups in total. The molecule has 0 saturated heterocycles. The summed E-state index contributed by atoms with van der Waals surface area (Å²) in [6.45, 7) is 2.71. The SMILES string of the molecule is CN(C)C(C#N)CCN(Cc1ccccc1)Cc1ccccc1. The minimum Gasteiger partial charge on any atom is -0.295 e. The zero-order valence-corrected chi connectivity index (χ0v) is 14.0. The van der Waals surface area contributed by atoms with Crippen LogP contribution in [0, 0.1) is 11.3 Å². The lowest BCUT2D eigenvalue weighted by Gasteiger charge is -2.25. The predicted octanol–water partition coefficient (Wildman–Crippen LogP) is 3.53. The maximum Gasteiger partial charge on any atom is 0.0985 e. The van der Waals surface area contributed by atoms with Gasteiger partial charge in [0.05, 0.1) is 12.1 Å². The second kappa shape index (κ2) is 9.09. The van der Waals surface area contributed by atoms with Crippen LogP contribution in [0.3, 0.4) is 0 Å². The average Bonchev–Trinajstić information content (AvgIpc) is 2.57. The minimum absolute atomic E-state index is 0.0379. The fourth-order valence-electron chi connectivity index (χ4n) is 2.64. The van der Waals surface area contributed by atoms with E-state index >= 15 is 0 Å². The summed E-state index contributed by atoms with van der Waals surface area (Å²) in [5, 5.41) is 9.28. The highest BCUT2D eigenvalue weighted by Crippen LogP contribution is 2.12. The second-order valence-electron chi connectivity index (χ2n) is 6.08. The standard InChI is InChI=1S/C20H25N3/c1-22(2)20(15-21)13-14-23(16-18-9-5-3-6-10-18)17-19-11-7-4-8-12-19/h3-12,20H,13-14,16-17H2,1-2H3. The molecule has 0 heterocycles. The quantitative estimate of drug-likeness (QED) is 0.747. The first-order valence-electron chi connectivity index (χ1n) is 8.05. The Bertz CT molecular complexity index is 560. The molecule has 2 rings (SSSR count). The van der Waals surface area contributed by atoms with Crippen LogP contribution in [0.5, 0.6) is 0 Å². The molecule has 23 heavy (non-hydrogen) atoms. The van der Waals surface area contributed by atoms with Crippen LogP contribution in [0.15, 0.2) is 60.7 Å². The maximum absolute atomic E-state index is 9.28. The van der Waals surface area contributed by atoms with Crippen molar-refractivity contribution in [2.75, 3.05) is 20.6 Å². The predicted molar refractivity (Wildman–Crippen MR) is 94.7 cm³/mol. The van der Waals surface area contributed by atoms with Crippen LogP contribution < -0.4 is 0 Å². The lowest BCUT2D eigenvalue weighted by Crippen LogP contribution is -2.32. The number of nitrogens with zero attached hydrogens (tertiary/aromatic N) is 3. The molecule has 0 aliphatic heterocycles. The third-order valence-corrected chi connectivity index (χ3v) is 3.99. The molecule has 2 aromatic rings. The zero-order chi connectivity index (χ0) is 16.5. The number of rotatable bonds is 8. The number of hydrogen-bond donors (Lipinski definition) is 0. The zero-order valence-electron chi connectivity index (χ0n) is 14.0. The lowest BCUT2D eigenvalue weighted by atomic mass is 10.1. The van der Waals surface area contributed by atoms with Crippen LogP contribution in [0.4, 0.5) is 0 Å². The molecule has 0 radical (unpaired) electrons. The van der Waals surface area contributed by atoms with Crippen molar-refractivity contribution < 1.29 is 0 Å². The number of nitriles is 1. The molecule has 0 aliphatic carbocycles. The van der Waals surface area contributed by atoms with Gasteiger partial charge in [0.2, 0.25) is 0 Å². The molecule has 120 valence electrons. The molecule has 0 saturated carbocycles. The van der Waals surface area contributed by atoms with Crippen molar-refractivity contribution in [1.82, 2.24) is 9.80 Å². The molecule has 0 bridgehead atoms. The molecule has 0 amide bonds. The van der Waals surface area contributed by atoms with E-state index in [4.69, 9.17) is 0 Å². The Morgan fingerprint density at radius 3 is 1.74 bits per heavy atom. The second-order valence-corrected chi connectivity index (χ2v) is 6.08. The highest BCUT2D eigenvalue weighted by Gasteiger charge is 2.13. The monoisotopic (exact) mass is 307 g/mol. The Hall–Kier alpha value is -2.15. The Morgan fingerprint density at radius 1 is 0.870 bits per heavy atom. The summed E-state index contributed by atoms with van der Waals surface area (Å²) in [7, 11) is 3.93. The normalized spacial score (nSPS) is 12.3. The van der Waals surface area contributed by atoms with Crippen LogP contribution in [-0.2, 0) is 13.1 Å².